The van der Waals surface area contributed by atoms with Crippen LogP contribution in [0, 0.1) is 12.8 Å². The van der Waals surface area contributed by atoms with E-state index < -0.39 is 0 Å². The smallest absolute Gasteiger partial charge is 0.224 e. The standard InChI is InChI=1S/C21H26N4O/c1-15(20(22)17-9-4-3-5-10-17)21(26)23-13-8-14-25-16(2)24-18-11-6-7-12-19(18)25/h3-7,9-12,15,20H,8,13-14,22H2,1-2H3,(H,23,26). The van der Waals surface area contributed by atoms with Gasteiger partial charge in [-0.15, -0.1) is 0 Å². The molecule has 5 heteroatoms. The highest BCUT2D eigenvalue weighted by Crippen LogP contribution is 2.19. The number of rotatable bonds is 7. The Kier molecular flexibility index (Phi) is 5.68. The van der Waals surface area contributed by atoms with Gasteiger partial charge in [-0.2, -0.15) is 0 Å². The lowest BCUT2D eigenvalue weighted by atomic mass is 9.95. The highest BCUT2D eigenvalue weighted by Gasteiger charge is 2.21. The zero-order chi connectivity index (χ0) is 18.5. The molecule has 0 aliphatic heterocycles. The van der Waals surface area contributed by atoms with E-state index in [2.05, 4.69) is 20.9 Å². The highest BCUT2D eigenvalue weighted by molar-refractivity contribution is 5.79. The summed E-state index contributed by atoms with van der Waals surface area (Å²) < 4.78 is 2.20. The topological polar surface area (TPSA) is 72.9 Å². The third kappa shape index (κ3) is 3.94. The molecule has 0 aliphatic rings. The maximum absolute atomic E-state index is 12.4. The molecule has 0 aliphatic carbocycles. The van der Waals surface area contributed by atoms with E-state index in [1.54, 1.807) is 0 Å². The fourth-order valence-corrected chi connectivity index (χ4v) is 3.21. The summed E-state index contributed by atoms with van der Waals surface area (Å²) in [5.41, 5.74) is 9.36. The number of aromatic nitrogens is 2. The van der Waals surface area contributed by atoms with E-state index >= 15 is 0 Å². The first-order valence-corrected chi connectivity index (χ1v) is 9.08. The van der Waals surface area contributed by atoms with Gasteiger partial charge >= 0.3 is 0 Å². The van der Waals surface area contributed by atoms with Crippen molar-refractivity contribution in [3.8, 4) is 0 Å². The summed E-state index contributed by atoms with van der Waals surface area (Å²) >= 11 is 0. The van der Waals surface area contributed by atoms with Crippen LogP contribution in [-0.4, -0.2) is 22.0 Å². The van der Waals surface area contributed by atoms with Crippen molar-refractivity contribution in [1.82, 2.24) is 14.9 Å². The molecule has 26 heavy (non-hydrogen) atoms. The molecule has 3 rings (SSSR count). The van der Waals surface area contributed by atoms with Gasteiger partial charge in [0.05, 0.1) is 17.0 Å². The Morgan fingerprint density at radius 2 is 1.85 bits per heavy atom. The number of benzene rings is 2. The fraction of sp³-hybridized carbons (Fsp3) is 0.333. The molecule has 0 saturated heterocycles. The van der Waals surface area contributed by atoms with Gasteiger partial charge < -0.3 is 15.6 Å². The SMILES string of the molecule is Cc1nc2ccccc2n1CCCNC(=O)C(C)C(N)c1ccccc1. The summed E-state index contributed by atoms with van der Waals surface area (Å²) in [5, 5.41) is 3.01. The second-order valence-electron chi connectivity index (χ2n) is 6.67. The van der Waals surface area contributed by atoms with Crippen LogP contribution in [0.5, 0.6) is 0 Å². The third-order valence-electron chi connectivity index (χ3n) is 4.84. The van der Waals surface area contributed by atoms with Gasteiger partial charge in [0.2, 0.25) is 5.91 Å². The van der Waals surface area contributed by atoms with Crippen LogP contribution in [-0.2, 0) is 11.3 Å². The molecule has 136 valence electrons. The van der Waals surface area contributed by atoms with E-state index in [4.69, 9.17) is 5.73 Å². The van der Waals surface area contributed by atoms with Crippen LogP contribution in [0.1, 0.15) is 30.8 Å². The number of imidazole rings is 1. The van der Waals surface area contributed by atoms with E-state index in [-0.39, 0.29) is 17.9 Å². The minimum atomic E-state index is -0.295. The number of nitrogens with zero attached hydrogens (tertiary/aromatic N) is 2. The molecule has 0 bridgehead atoms. The normalized spacial score (nSPS) is 13.5. The number of fused-ring (bicyclic) bond motifs is 1. The monoisotopic (exact) mass is 350 g/mol. The molecule has 2 unspecified atom stereocenters. The number of hydrogen-bond donors (Lipinski definition) is 2. The van der Waals surface area contributed by atoms with Crippen molar-refractivity contribution in [2.75, 3.05) is 6.54 Å². The molecule has 1 aromatic heterocycles. The first kappa shape index (κ1) is 18.1. The Morgan fingerprint density at radius 3 is 2.62 bits per heavy atom. The predicted octanol–water partition coefficient (Wildman–Crippen LogP) is 3.19. The van der Waals surface area contributed by atoms with Crippen LogP contribution in [0.2, 0.25) is 0 Å². The average Bonchev–Trinajstić information content (AvgIpc) is 2.99. The highest BCUT2D eigenvalue weighted by atomic mass is 16.1. The maximum Gasteiger partial charge on any atom is 0.224 e. The van der Waals surface area contributed by atoms with Crippen LogP contribution in [0.15, 0.2) is 54.6 Å². The summed E-state index contributed by atoms with van der Waals surface area (Å²) in [5.74, 6) is 0.721. The van der Waals surface area contributed by atoms with Crippen LogP contribution < -0.4 is 11.1 Å². The predicted molar refractivity (Wildman–Crippen MR) is 105 cm³/mol. The van der Waals surface area contributed by atoms with Crippen molar-refractivity contribution >= 4 is 16.9 Å². The van der Waals surface area contributed by atoms with Gasteiger partial charge in [0.15, 0.2) is 0 Å². The second kappa shape index (κ2) is 8.15. The summed E-state index contributed by atoms with van der Waals surface area (Å²) in [4.78, 5) is 17.0. The van der Waals surface area contributed by atoms with Crippen LogP contribution in [0.25, 0.3) is 11.0 Å². The summed E-state index contributed by atoms with van der Waals surface area (Å²) in [6.07, 6.45) is 0.847. The van der Waals surface area contributed by atoms with Crippen molar-refractivity contribution in [3.63, 3.8) is 0 Å². The van der Waals surface area contributed by atoms with E-state index in [1.165, 1.54) is 0 Å². The van der Waals surface area contributed by atoms with Crippen molar-refractivity contribution < 1.29 is 4.79 Å². The summed E-state index contributed by atoms with van der Waals surface area (Å²) in [6.45, 7) is 5.34. The Labute approximate surface area is 154 Å². The van der Waals surface area contributed by atoms with Gasteiger partial charge in [-0.25, -0.2) is 4.98 Å². The molecular formula is C21H26N4O. The molecule has 2 aromatic carbocycles. The van der Waals surface area contributed by atoms with Gasteiger partial charge in [-0.05, 0) is 31.0 Å². The molecule has 0 spiro atoms. The second-order valence-corrected chi connectivity index (χ2v) is 6.67. The van der Waals surface area contributed by atoms with Crippen molar-refractivity contribution in [2.24, 2.45) is 11.7 Å². The molecule has 1 amide bonds. The molecule has 3 N–H and O–H groups in total. The number of aryl methyl sites for hydroxylation is 2. The van der Waals surface area contributed by atoms with E-state index in [0.29, 0.717) is 6.54 Å². The number of carbonyl (C=O) groups is 1. The number of carbonyl (C=O) groups excluding carboxylic acids is 1. The van der Waals surface area contributed by atoms with E-state index in [1.807, 2.05) is 62.4 Å². The lowest BCUT2D eigenvalue weighted by Crippen LogP contribution is -2.36. The zero-order valence-electron chi connectivity index (χ0n) is 15.4. The number of nitrogens with one attached hydrogen (secondary N) is 1. The van der Waals surface area contributed by atoms with Crippen LogP contribution in [0.3, 0.4) is 0 Å². The van der Waals surface area contributed by atoms with Gasteiger partial charge in [-0.3, -0.25) is 4.79 Å². The molecular weight excluding hydrogens is 324 g/mol. The van der Waals surface area contributed by atoms with E-state index in [9.17, 15) is 4.79 Å². The molecule has 2 atom stereocenters. The fourth-order valence-electron chi connectivity index (χ4n) is 3.21. The first-order chi connectivity index (χ1) is 12.6. The summed E-state index contributed by atoms with van der Waals surface area (Å²) in [7, 11) is 0. The summed E-state index contributed by atoms with van der Waals surface area (Å²) in [6, 6.07) is 17.6. The number of nitrogens with two attached hydrogens (primary N) is 1. The molecule has 0 saturated carbocycles. The van der Waals surface area contributed by atoms with Gasteiger partial charge in [0.1, 0.15) is 5.82 Å². The Hall–Kier alpha value is -2.66. The quantitative estimate of drug-likeness (QED) is 0.643. The molecule has 3 aromatic rings. The first-order valence-electron chi connectivity index (χ1n) is 9.08. The molecule has 0 radical (unpaired) electrons. The maximum atomic E-state index is 12.4. The Morgan fingerprint density at radius 1 is 1.15 bits per heavy atom. The van der Waals surface area contributed by atoms with Gasteiger partial charge in [0.25, 0.3) is 0 Å². The lowest BCUT2D eigenvalue weighted by molar-refractivity contribution is -0.125. The average molecular weight is 350 g/mol. The van der Waals surface area contributed by atoms with Crippen LogP contribution >= 0.6 is 0 Å². The Balaban J connectivity index is 1.51. The van der Waals surface area contributed by atoms with Crippen molar-refractivity contribution in [1.29, 1.82) is 0 Å². The molecule has 5 nitrogen and oxygen atoms in total. The minimum absolute atomic E-state index is 0.00596. The largest absolute Gasteiger partial charge is 0.356 e. The van der Waals surface area contributed by atoms with E-state index in [0.717, 1.165) is 35.4 Å². The van der Waals surface area contributed by atoms with Crippen LogP contribution in [0.4, 0.5) is 0 Å². The van der Waals surface area contributed by atoms with Gasteiger partial charge in [-0.1, -0.05) is 49.4 Å². The zero-order valence-corrected chi connectivity index (χ0v) is 15.4. The minimum Gasteiger partial charge on any atom is -0.356 e. The van der Waals surface area contributed by atoms with Crippen molar-refractivity contribution in [3.05, 3.63) is 66.0 Å². The lowest BCUT2D eigenvalue weighted by Gasteiger charge is -2.20. The molecule has 0 fully saturated rings. The third-order valence-corrected chi connectivity index (χ3v) is 4.84. The Bertz CT molecular complexity index is 872. The number of amides is 1. The number of hydrogen-bond acceptors (Lipinski definition) is 3. The molecule has 1 heterocycles. The van der Waals surface area contributed by atoms with Crippen molar-refractivity contribution in [2.45, 2.75) is 32.9 Å². The number of para-hydroxylation sites is 2. The van der Waals surface area contributed by atoms with Gasteiger partial charge in [0, 0.05) is 19.1 Å².